The molecule has 0 unspecified atom stereocenters. The van der Waals surface area contributed by atoms with E-state index in [2.05, 4.69) is 11.8 Å². The van der Waals surface area contributed by atoms with Crippen molar-refractivity contribution < 1.29 is 10.2 Å². The molecule has 0 saturated carbocycles. The summed E-state index contributed by atoms with van der Waals surface area (Å²) in [6.45, 7) is 1.69. The Balaban J connectivity index is 3.16. The van der Waals surface area contributed by atoms with Gasteiger partial charge in [0, 0.05) is 6.07 Å². The Kier molecular flexibility index (Phi) is 2.03. The van der Waals surface area contributed by atoms with E-state index in [9.17, 15) is 0 Å². The van der Waals surface area contributed by atoms with Crippen molar-refractivity contribution in [2.24, 2.45) is 0 Å². The average Bonchev–Trinajstić information content (AvgIpc) is 1.95. The number of aromatic hydroxyl groups is 2. The van der Waals surface area contributed by atoms with Gasteiger partial charge in [0.1, 0.15) is 11.5 Å². The van der Waals surface area contributed by atoms with Gasteiger partial charge in [-0.25, -0.2) is 0 Å². The van der Waals surface area contributed by atoms with Crippen LogP contribution in [0.15, 0.2) is 18.2 Å². The lowest BCUT2D eigenvalue weighted by Crippen LogP contribution is -1.74. The first kappa shape index (κ1) is 7.49. The first-order chi connectivity index (χ1) is 5.24. The van der Waals surface area contributed by atoms with Gasteiger partial charge in [-0.2, -0.15) is 0 Å². The number of hydrogen-bond donors (Lipinski definition) is 2. The molecule has 0 saturated heterocycles. The fourth-order valence-electron chi connectivity index (χ4n) is 0.760. The molecule has 0 amide bonds. The highest BCUT2D eigenvalue weighted by Crippen LogP contribution is 2.21. The summed E-state index contributed by atoms with van der Waals surface area (Å²) in [6.07, 6.45) is 0. The van der Waals surface area contributed by atoms with E-state index in [1.54, 1.807) is 13.0 Å². The summed E-state index contributed by atoms with van der Waals surface area (Å²) in [5.74, 6) is 5.40. The maximum Gasteiger partial charge on any atom is 0.134 e. The lowest BCUT2D eigenvalue weighted by molar-refractivity contribution is 0.449. The number of hydrogen-bond acceptors (Lipinski definition) is 2. The molecular formula is C9H8O2. The van der Waals surface area contributed by atoms with Crippen LogP contribution in [0.1, 0.15) is 12.5 Å². The molecule has 0 aliphatic heterocycles. The van der Waals surface area contributed by atoms with Crippen molar-refractivity contribution in [3.05, 3.63) is 23.8 Å². The molecular weight excluding hydrogens is 140 g/mol. The fourth-order valence-corrected chi connectivity index (χ4v) is 0.760. The molecule has 2 heteroatoms. The minimum absolute atomic E-state index is 0.0133. The van der Waals surface area contributed by atoms with E-state index in [1.807, 2.05) is 0 Å². The van der Waals surface area contributed by atoms with E-state index in [0.29, 0.717) is 5.56 Å². The molecule has 2 nitrogen and oxygen atoms in total. The van der Waals surface area contributed by atoms with E-state index in [0.717, 1.165) is 0 Å². The third kappa shape index (κ3) is 1.65. The predicted octanol–water partition coefficient (Wildman–Crippen LogP) is 1.47. The SMILES string of the molecule is CC#Cc1ccc(O)cc1O. The van der Waals surface area contributed by atoms with Gasteiger partial charge in [0.25, 0.3) is 0 Å². The highest BCUT2D eigenvalue weighted by atomic mass is 16.3. The molecule has 1 aromatic rings. The van der Waals surface area contributed by atoms with Gasteiger partial charge in [-0.1, -0.05) is 5.92 Å². The van der Waals surface area contributed by atoms with Crippen molar-refractivity contribution in [1.82, 2.24) is 0 Å². The third-order valence-electron chi connectivity index (χ3n) is 1.24. The molecule has 0 fully saturated rings. The minimum atomic E-state index is 0.0133. The van der Waals surface area contributed by atoms with Gasteiger partial charge in [-0.3, -0.25) is 0 Å². The number of benzene rings is 1. The summed E-state index contributed by atoms with van der Waals surface area (Å²) in [4.78, 5) is 0. The van der Waals surface area contributed by atoms with Crippen molar-refractivity contribution >= 4 is 0 Å². The van der Waals surface area contributed by atoms with Gasteiger partial charge in [-0.15, -0.1) is 5.92 Å². The summed E-state index contributed by atoms with van der Waals surface area (Å²) < 4.78 is 0. The minimum Gasteiger partial charge on any atom is -0.508 e. The molecule has 0 aromatic heterocycles. The highest BCUT2D eigenvalue weighted by molar-refractivity contribution is 5.48. The molecule has 0 bridgehead atoms. The Labute approximate surface area is 65.1 Å². The molecule has 56 valence electrons. The van der Waals surface area contributed by atoms with Crippen LogP contribution in [-0.4, -0.2) is 10.2 Å². The molecule has 0 heterocycles. The van der Waals surface area contributed by atoms with Crippen molar-refractivity contribution in [2.75, 3.05) is 0 Å². The van der Waals surface area contributed by atoms with Crippen LogP contribution in [0.25, 0.3) is 0 Å². The molecule has 0 aliphatic rings. The zero-order chi connectivity index (χ0) is 8.27. The Hall–Kier alpha value is -1.62. The van der Waals surface area contributed by atoms with Gasteiger partial charge in [-0.05, 0) is 19.1 Å². The molecule has 11 heavy (non-hydrogen) atoms. The van der Waals surface area contributed by atoms with Crippen molar-refractivity contribution in [3.63, 3.8) is 0 Å². The first-order valence-corrected chi connectivity index (χ1v) is 3.19. The monoisotopic (exact) mass is 148 g/mol. The van der Waals surface area contributed by atoms with Crippen molar-refractivity contribution in [2.45, 2.75) is 6.92 Å². The van der Waals surface area contributed by atoms with Crippen LogP contribution in [0.2, 0.25) is 0 Å². The van der Waals surface area contributed by atoms with Gasteiger partial charge in [0.05, 0.1) is 5.56 Å². The summed E-state index contributed by atoms with van der Waals surface area (Å²) >= 11 is 0. The van der Waals surface area contributed by atoms with Crippen molar-refractivity contribution in [1.29, 1.82) is 0 Å². The number of phenolic OH excluding ortho intramolecular Hbond substituents is 2. The molecule has 2 N–H and O–H groups in total. The van der Waals surface area contributed by atoms with Crippen LogP contribution in [0.5, 0.6) is 11.5 Å². The van der Waals surface area contributed by atoms with E-state index < -0.39 is 0 Å². The topological polar surface area (TPSA) is 40.5 Å². The molecule has 0 aliphatic carbocycles. The van der Waals surface area contributed by atoms with Gasteiger partial charge >= 0.3 is 0 Å². The fraction of sp³-hybridized carbons (Fsp3) is 0.111. The number of rotatable bonds is 0. The smallest absolute Gasteiger partial charge is 0.134 e. The number of phenols is 2. The second-order valence-electron chi connectivity index (χ2n) is 2.08. The van der Waals surface area contributed by atoms with Crippen LogP contribution in [0.3, 0.4) is 0 Å². The summed E-state index contributed by atoms with van der Waals surface area (Å²) in [5.41, 5.74) is 0.533. The Morgan fingerprint density at radius 2 is 2.00 bits per heavy atom. The Bertz CT molecular complexity index is 318. The molecule has 1 aromatic carbocycles. The normalized spacial score (nSPS) is 8.45. The third-order valence-corrected chi connectivity index (χ3v) is 1.24. The van der Waals surface area contributed by atoms with Gasteiger partial charge in [0.2, 0.25) is 0 Å². The Morgan fingerprint density at radius 1 is 1.27 bits per heavy atom. The predicted molar refractivity (Wildman–Crippen MR) is 42.3 cm³/mol. The second-order valence-corrected chi connectivity index (χ2v) is 2.08. The van der Waals surface area contributed by atoms with Crippen LogP contribution < -0.4 is 0 Å². The lowest BCUT2D eigenvalue weighted by Gasteiger charge is -1.96. The molecule has 0 atom stereocenters. The van der Waals surface area contributed by atoms with E-state index in [1.165, 1.54) is 12.1 Å². The second kappa shape index (κ2) is 2.98. The Morgan fingerprint density at radius 3 is 2.55 bits per heavy atom. The summed E-state index contributed by atoms with van der Waals surface area (Å²) in [7, 11) is 0. The summed E-state index contributed by atoms with van der Waals surface area (Å²) in [5, 5.41) is 18.1. The van der Waals surface area contributed by atoms with E-state index in [4.69, 9.17) is 10.2 Å². The van der Waals surface area contributed by atoms with Gasteiger partial charge < -0.3 is 10.2 Å². The van der Waals surface area contributed by atoms with Crippen LogP contribution in [0, 0.1) is 11.8 Å². The zero-order valence-electron chi connectivity index (χ0n) is 6.13. The van der Waals surface area contributed by atoms with Gasteiger partial charge in [0.15, 0.2) is 0 Å². The molecule has 1 rings (SSSR count). The van der Waals surface area contributed by atoms with Crippen LogP contribution in [0.4, 0.5) is 0 Å². The lowest BCUT2D eigenvalue weighted by atomic mass is 10.2. The highest BCUT2D eigenvalue weighted by Gasteiger charge is 1.96. The average molecular weight is 148 g/mol. The van der Waals surface area contributed by atoms with E-state index >= 15 is 0 Å². The van der Waals surface area contributed by atoms with Crippen LogP contribution in [-0.2, 0) is 0 Å². The van der Waals surface area contributed by atoms with E-state index in [-0.39, 0.29) is 11.5 Å². The van der Waals surface area contributed by atoms with Crippen molar-refractivity contribution in [3.8, 4) is 23.3 Å². The zero-order valence-corrected chi connectivity index (χ0v) is 6.13. The maximum atomic E-state index is 9.16. The largest absolute Gasteiger partial charge is 0.508 e. The standard InChI is InChI=1S/C9H8O2/c1-2-3-7-4-5-8(10)6-9(7)11/h4-6,10-11H,1H3. The first-order valence-electron chi connectivity index (χ1n) is 3.19. The summed E-state index contributed by atoms with van der Waals surface area (Å²) in [6, 6.07) is 4.32. The van der Waals surface area contributed by atoms with Crippen LogP contribution >= 0.6 is 0 Å². The molecule has 0 radical (unpaired) electrons. The molecule has 0 spiro atoms. The maximum absolute atomic E-state index is 9.16. The quantitative estimate of drug-likeness (QED) is 0.547.